The molecule has 1 aromatic rings. The minimum absolute atomic E-state index is 0.125. The Hall–Kier alpha value is -1.13. The van der Waals surface area contributed by atoms with Gasteiger partial charge in [0.1, 0.15) is 0 Å². The number of carbonyl (C=O) groups is 1. The van der Waals surface area contributed by atoms with E-state index in [0.717, 1.165) is 25.7 Å². The number of rotatable bonds is 4. The number of H-pyrrole nitrogens is 1. The Balaban J connectivity index is 1.73. The monoisotopic (exact) mass is 221 g/mol. The predicted octanol–water partition coefficient (Wildman–Crippen LogP) is 1.06. The molecule has 4 heteroatoms. The van der Waals surface area contributed by atoms with Crippen LogP contribution in [-0.4, -0.2) is 29.4 Å². The van der Waals surface area contributed by atoms with Crippen molar-refractivity contribution in [1.82, 2.24) is 10.3 Å². The van der Waals surface area contributed by atoms with Gasteiger partial charge in [0.2, 0.25) is 0 Å². The van der Waals surface area contributed by atoms with Gasteiger partial charge >= 0.3 is 0 Å². The molecule has 0 spiro atoms. The number of carbonyl (C=O) groups excluding carboxylic acids is 1. The molecule has 4 N–H and O–H groups in total. The van der Waals surface area contributed by atoms with Crippen molar-refractivity contribution in [1.29, 1.82) is 0 Å². The summed E-state index contributed by atoms with van der Waals surface area (Å²) >= 11 is 0. The fraction of sp³-hybridized carbons (Fsp3) is 0.583. The zero-order valence-electron chi connectivity index (χ0n) is 9.41. The fourth-order valence-corrected chi connectivity index (χ4v) is 2.16. The highest BCUT2D eigenvalue weighted by Crippen LogP contribution is 2.16. The first-order valence-electron chi connectivity index (χ1n) is 5.91. The lowest BCUT2D eigenvalue weighted by atomic mass is 9.92. The van der Waals surface area contributed by atoms with E-state index >= 15 is 0 Å². The van der Waals surface area contributed by atoms with Gasteiger partial charge in [0.05, 0.1) is 12.2 Å². The Morgan fingerprint density at radius 1 is 1.44 bits per heavy atom. The van der Waals surface area contributed by atoms with E-state index in [1.165, 1.54) is 0 Å². The first-order chi connectivity index (χ1) is 7.75. The zero-order chi connectivity index (χ0) is 11.4. The highest BCUT2D eigenvalue weighted by atomic mass is 16.1. The number of nitrogens with two attached hydrogens (primary N) is 1. The SMILES string of the molecule is NC1CCC(NCC(=O)c2ccc[nH]2)CC1. The van der Waals surface area contributed by atoms with Crippen molar-refractivity contribution in [3.05, 3.63) is 24.0 Å². The van der Waals surface area contributed by atoms with Crippen LogP contribution in [-0.2, 0) is 0 Å². The lowest BCUT2D eigenvalue weighted by Crippen LogP contribution is -2.39. The second-order valence-corrected chi connectivity index (χ2v) is 4.50. The van der Waals surface area contributed by atoms with Gasteiger partial charge in [-0.2, -0.15) is 0 Å². The van der Waals surface area contributed by atoms with Crippen LogP contribution in [0.15, 0.2) is 18.3 Å². The number of nitrogens with one attached hydrogen (secondary N) is 2. The number of hydrogen-bond donors (Lipinski definition) is 3. The maximum absolute atomic E-state index is 11.7. The Kier molecular flexibility index (Phi) is 3.74. The van der Waals surface area contributed by atoms with E-state index in [-0.39, 0.29) is 5.78 Å². The Morgan fingerprint density at radius 3 is 2.81 bits per heavy atom. The van der Waals surface area contributed by atoms with Gasteiger partial charge in [0, 0.05) is 18.3 Å². The van der Waals surface area contributed by atoms with Crippen LogP contribution >= 0.6 is 0 Å². The molecule has 2 rings (SSSR count). The smallest absolute Gasteiger partial charge is 0.192 e. The van der Waals surface area contributed by atoms with Crippen LogP contribution in [0, 0.1) is 0 Å². The van der Waals surface area contributed by atoms with E-state index in [4.69, 9.17) is 5.73 Å². The Morgan fingerprint density at radius 2 is 2.19 bits per heavy atom. The van der Waals surface area contributed by atoms with Crippen LogP contribution in [0.1, 0.15) is 36.2 Å². The number of hydrogen-bond acceptors (Lipinski definition) is 3. The van der Waals surface area contributed by atoms with E-state index in [1.54, 1.807) is 12.3 Å². The van der Waals surface area contributed by atoms with Crippen molar-refractivity contribution >= 4 is 5.78 Å². The summed E-state index contributed by atoms with van der Waals surface area (Å²) in [4.78, 5) is 14.6. The van der Waals surface area contributed by atoms with Gasteiger partial charge in [0.15, 0.2) is 5.78 Å². The third-order valence-electron chi connectivity index (χ3n) is 3.22. The van der Waals surface area contributed by atoms with Gasteiger partial charge in [-0.05, 0) is 37.8 Å². The van der Waals surface area contributed by atoms with Crippen LogP contribution in [0.4, 0.5) is 0 Å². The third kappa shape index (κ3) is 2.93. The van der Waals surface area contributed by atoms with Gasteiger partial charge in [-0.15, -0.1) is 0 Å². The molecule has 0 unspecified atom stereocenters. The largest absolute Gasteiger partial charge is 0.359 e. The van der Waals surface area contributed by atoms with Crippen molar-refractivity contribution in [2.75, 3.05) is 6.54 Å². The van der Waals surface area contributed by atoms with E-state index in [2.05, 4.69) is 10.3 Å². The zero-order valence-corrected chi connectivity index (χ0v) is 9.41. The minimum atomic E-state index is 0.125. The van der Waals surface area contributed by atoms with Crippen LogP contribution in [0.3, 0.4) is 0 Å². The molecule has 1 fully saturated rings. The summed E-state index contributed by atoms with van der Waals surface area (Å²) in [5, 5.41) is 3.31. The number of aromatic nitrogens is 1. The van der Waals surface area contributed by atoms with E-state index in [1.807, 2.05) is 6.07 Å². The lowest BCUT2D eigenvalue weighted by molar-refractivity contribution is 0.0980. The van der Waals surface area contributed by atoms with Crippen molar-refractivity contribution in [2.24, 2.45) is 5.73 Å². The third-order valence-corrected chi connectivity index (χ3v) is 3.22. The molecule has 88 valence electrons. The topological polar surface area (TPSA) is 70.9 Å². The molecule has 0 amide bonds. The summed E-state index contributed by atoms with van der Waals surface area (Å²) in [5.41, 5.74) is 6.51. The van der Waals surface area contributed by atoms with Gasteiger partial charge in [0.25, 0.3) is 0 Å². The van der Waals surface area contributed by atoms with Crippen molar-refractivity contribution in [2.45, 2.75) is 37.8 Å². The molecule has 0 radical (unpaired) electrons. The maximum Gasteiger partial charge on any atom is 0.192 e. The van der Waals surface area contributed by atoms with Gasteiger partial charge < -0.3 is 16.0 Å². The Labute approximate surface area is 95.6 Å². The maximum atomic E-state index is 11.7. The molecule has 16 heavy (non-hydrogen) atoms. The van der Waals surface area contributed by atoms with Crippen LogP contribution in [0.25, 0.3) is 0 Å². The summed E-state index contributed by atoms with van der Waals surface area (Å²) in [6.45, 7) is 0.417. The van der Waals surface area contributed by atoms with E-state index in [0.29, 0.717) is 24.3 Å². The first kappa shape index (κ1) is 11.4. The quantitative estimate of drug-likeness (QED) is 0.666. The minimum Gasteiger partial charge on any atom is -0.359 e. The van der Waals surface area contributed by atoms with Gasteiger partial charge in [-0.25, -0.2) is 0 Å². The molecule has 0 aromatic carbocycles. The second-order valence-electron chi connectivity index (χ2n) is 4.50. The highest BCUT2D eigenvalue weighted by Gasteiger charge is 2.18. The first-order valence-corrected chi connectivity index (χ1v) is 5.91. The Bertz CT molecular complexity index is 326. The molecule has 0 atom stereocenters. The molecule has 4 nitrogen and oxygen atoms in total. The molecule has 1 heterocycles. The van der Waals surface area contributed by atoms with Crippen molar-refractivity contribution in [3.63, 3.8) is 0 Å². The molecular formula is C12H19N3O. The molecule has 1 aliphatic rings. The van der Waals surface area contributed by atoms with Gasteiger partial charge in [-0.1, -0.05) is 0 Å². The standard InChI is InChI=1S/C12H19N3O/c13-9-3-5-10(6-4-9)15-8-12(16)11-2-1-7-14-11/h1-2,7,9-10,14-15H,3-6,8,13H2. The summed E-state index contributed by atoms with van der Waals surface area (Å²) in [6, 6.07) is 4.46. The molecule has 0 aliphatic heterocycles. The lowest BCUT2D eigenvalue weighted by Gasteiger charge is -2.26. The average Bonchev–Trinajstić information content (AvgIpc) is 2.81. The number of ketones is 1. The summed E-state index contributed by atoms with van der Waals surface area (Å²) in [5.74, 6) is 0.125. The van der Waals surface area contributed by atoms with Crippen molar-refractivity contribution < 1.29 is 4.79 Å². The average molecular weight is 221 g/mol. The summed E-state index contributed by atoms with van der Waals surface area (Å²) in [7, 11) is 0. The summed E-state index contributed by atoms with van der Waals surface area (Å²) < 4.78 is 0. The molecule has 0 bridgehead atoms. The molecule has 1 aromatic heterocycles. The predicted molar refractivity (Wildman–Crippen MR) is 63.4 cm³/mol. The van der Waals surface area contributed by atoms with Crippen LogP contribution in [0.5, 0.6) is 0 Å². The van der Waals surface area contributed by atoms with E-state index < -0.39 is 0 Å². The van der Waals surface area contributed by atoms with Crippen LogP contribution in [0.2, 0.25) is 0 Å². The van der Waals surface area contributed by atoms with Gasteiger partial charge in [-0.3, -0.25) is 4.79 Å². The second kappa shape index (κ2) is 5.27. The number of aromatic amines is 1. The van der Waals surface area contributed by atoms with Crippen LogP contribution < -0.4 is 11.1 Å². The summed E-state index contributed by atoms with van der Waals surface area (Å²) in [6.07, 6.45) is 6.06. The highest BCUT2D eigenvalue weighted by molar-refractivity contribution is 5.95. The van der Waals surface area contributed by atoms with E-state index in [9.17, 15) is 4.79 Å². The fourth-order valence-electron chi connectivity index (χ4n) is 2.16. The molecule has 1 aliphatic carbocycles. The molecule has 1 saturated carbocycles. The molecule has 0 saturated heterocycles. The molecular weight excluding hydrogens is 202 g/mol. The normalized spacial score (nSPS) is 25.6. The van der Waals surface area contributed by atoms with Crippen molar-refractivity contribution in [3.8, 4) is 0 Å². The number of Topliss-reactive ketones (excluding diaryl/α,β-unsaturated/α-hetero) is 1.